The van der Waals surface area contributed by atoms with Crippen LogP contribution < -0.4 is 5.32 Å². The summed E-state index contributed by atoms with van der Waals surface area (Å²) < 4.78 is 11.2. The van der Waals surface area contributed by atoms with Gasteiger partial charge in [-0.2, -0.15) is 0 Å². The first-order valence-electron chi connectivity index (χ1n) is 24.6. The first-order chi connectivity index (χ1) is 31.8. The van der Waals surface area contributed by atoms with Gasteiger partial charge in [0.25, 0.3) is 0 Å². The van der Waals surface area contributed by atoms with Gasteiger partial charge in [-0.25, -0.2) is 0 Å². The molecule has 1 aliphatic heterocycles. The van der Waals surface area contributed by atoms with Gasteiger partial charge in [-0.15, -0.1) is 0 Å². The highest BCUT2D eigenvalue weighted by molar-refractivity contribution is 5.76. The number of unbranched alkanes of at least 4 members (excludes halogenated alkanes) is 6. The largest absolute Gasteiger partial charge is 0.394 e. The van der Waals surface area contributed by atoms with Crippen molar-refractivity contribution in [2.24, 2.45) is 0 Å². The third kappa shape index (κ3) is 34.1. The lowest BCUT2D eigenvalue weighted by atomic mass is 9.99. The van der Waals surface area contributed by atoms with Gasteiger partial charge < -0.3 is 40.3 Å². The topological polar surface area (TPSA) is 149 Å². The summed E-state index contributed by atoms with van der Waals surface area (Å²) in [6.45, 7) is 3.50. The zero-order valence-corrected chi connectivity index (χ0v) is 39.9. The Morgan fingerprint density at radius 1 is 0.538 bits per heavy atom. The van der Waals surface area contributed by atoms with Gasteiger partial charge in [0.1, 0.15) is 24.4 Å². The molecule has 0 saturated carbocycles. The molecular formula is C56H87NO8. The predicted molar refractivity (Wildman–Crippen MR) is 271 cm³/mol. The van der Waals surface area contributed by atoms with E-state index in [0.717, 1.165) is 109 Å². The Balaban J connectivity index is 2.30. The predicted octanol–water partition coefficient (Wildman–Crippen LogP) is 11.2. The monoisotopic (exact) mass is 902 g/mol. The van der Waals surface area contributed by atoms with Crippen molar-refractivity contribution in [3.05, 3.63) is 146 Å². The molecule has 0 aromatic rings. The summed E-state index contributed by atoms with van der Waals surface area (Å²) >= 11 is 0. The number of carbonyl (C=O) groups is 1. The van der Waals surface area contributed by atoms with E-state index in [2.05, 4.69) is 153 Å². The standard InChI is InChI=1S/C56H87NO8/c1-3-5-7-9-11-13-15-16-17-18-19-20-21-22-23-24-25-26-27-28-29-30-31-32-33-34-36-38-40-42-44-46-52(60)57-49(48-64-56-55(63)54(62)53(61)51(47-58)65-56)50(59)45-43-41-39-37-35-14-12-10-8-6-4-2/h5,7-8,10-11,13,16-17,19-20,22-23,25-26,28-29,31-32,34-37,43,45,49-51,53-56,58-59,61-63H,3-4,6,9,12,14-15,18,21,24,27,30,33,38-42,44,46-48H2,1-2H3,(H,57,60)/b7-5-,10-8+,13-11-,17-16-,20-19-,23-22-,26-25-,29-28-,32-31-,36-34-,37-35+,45-43+. The SMILES string of the molecule is CC/C=C\C/C=C\C/C=C\C/C=C\C/C=C\C/C=C\C/C=C\C/C=C\C/C=C\CCCCCC(=O)NC(COC1OC(CO)C(O)C(O)C1O)C(O)/C=C/CC/C=C/CC/C=C/CCC. The molecule has 7 atom stereocenters. The lowest BCUT2D eigenvalue weighted by Gasteiger charge is -2.40. The van der Waals surface area contributed by atoms with Crippen LogP contribution in [0.15, 0.2) is 146 Å². The fourth-order valence-electron chi connectivity index (χ4n) is 6.48. The highest BCUT2D eigenvalue weighted by atomic mass is 16.7. The second-order valence-corrected chi connectivity index (χ2v) is 16.1. The van der Waals surface area contributed by atoms with E-state index < -0.39 is 49.5 Å². The quantitative estimate of drug-likeness (QED) is 0.0265. The number of amides is 1. The molecule has 0 spiro atoms. The molecule has 1 aliphatic rings. The van der Waals surface area contributed by atoms with Crippen molar-refractivity contribution in [2.75, 3.05) is 13.2 Å². The minimum Gasteiger partial charge on any atom is -0.394 e. The van der Waals surface area contributed by atoms with Crippen LogP contribution in [0.5, 0.6) is 0 Å². The van der Waals surface area contributed by atoms with Crippen molar-refractivity contribution in [3.8, 4) is 0 Å². The van der Waals surface area contributed by atoms with Crippen LogP contribution in [-0.2, 0) is 14.3 Å². The van der Waals surface area contributed by atoms with Crippen molar-refractivity contribution in [1.29, 1.82) is 0 Å². The molecule has 6 N–H and O–H groups in total. The van der Waals surface area contributed by atoms with E-state index in [9.17, 15) is 30.3 Å². The van der Waals surface area contributed by atoms with Gasteiger partial charge in [0, 0.05) is 6.42 Å². The molecular weight excluding hydrogens is 815 g/mol. The average molecular weight is 902 g/mol. The van der Waals surface area contributed by atoms with E-state index in [-0.39, 0.29) is 18.9 Å². The molecule has 364 valence electrons. The minimum atomic E-state index is -1.59. The molecule has 7 unspecified atom stereocenters. The van der Waals surface area contributed by atoms with E-state index >= 15 is 0 Å². The Bertz CT molecular complexity index is 1510. The van der Waals surface area contributed by atoms with E-state index in [0.29, 0.717) is 12.8 Å². The lowest BCUT2D eigenvalue weighted by Crippen LogP contribution is -2.60. The number of rotatable bonds is 38. The molecule has 1 amide bonds. The Morgan fingerprint density at radius 2 is 0.969 bits per heavy atom. The second kappa shape index (κ2) is 43.9. The van der Waals surface area contributed by atoms with Gasteiger partial charge in [-0.3, -0.25) is 4.79 Å². The third-order valence-electron chi connectivity index (χ3n) is 10.4. The van der Waals surface area contributed by atoms with E-state index in [1.165, 1.54) is 0 Å². The maximum atomic E-state index is 12.9. The summed E-state index contributed by atoms with van der Waals surface area (Å²) in [4.78, 5) is 12.9. The summed E-state index contributed by atoms with van der Waals surface area (Å²) in [6.07, 6.45) is 61.9. The molecule has 1 fully saturated rings. The van der Waals surface area contributed by atoms with Gasteiger partial charge >= 0.3 is 0 Å². The average Bonchev–Trinajstić information content (AvgIpc) is 3.31. The molecule has 9 heteroatoms. The Labute approximate surface area is 393 Å². The first-order valence-corrected chi connectivity index (χ1v) is 24.6. The normalized spacial score (nSPS) is 21.2. The molecule has 0 radical (unpaired) electrons. The van der Waals surface area contributed by atoms with Gasteiger partial charge in [0.15, 0.2) is 6.29 Å². The van der Waals surface area contributed by atoms with Crippen LogP contribution in [0.1, 0.15) is 142 Å². The minimum absolute atomic E-state index is 0.231. The van der Waals surface area contributed by atoms with Gasteiger partial charge in [0.2, 0.25) is 5.91 Å². The van der Waals surface area contributed by atoms with E-state index in [1.54, 1.807) is 6.08 Å². The summed E-state index contributed by atoms with van der Waals surface area (Å²) in [7, 11) is 0. The van der Waals surface area contributed by atoms with Crippen molar-refractivity contribution in [1.82, 2.24) is 5.32 Å². The van der Waals surface area contributed by atoms with Gasteiger partial charge in [-0.1, -0.05) is 173 Å². The van der Waals surface area contributed by atoms with Crippen LogP contribution in [-0.4, -0.2) is 87.5 Å². The number of carbonyl (C=O) groups excluding carboxylic acids is 1. The van der Waals surface area contributed by atoms with Crippen LogP contribution in [0.4, 0.5) is 0 Å². The fraction of sp³-hybridized carbons (Fsp3) is 0.554. The van der Waals surface area contributed by atoms with Crippen molar-refractivity contribution in [3.63, 3.8) is 0 Å². The van der Waals surface area contributed by atoms with Crippen molar-refractivity contribution in [2.45, 2.75) is 185 Å². The Hall–Kier alpha value is -3.93. The molecule has 0 aromatic heterocycles. The molecule has 65 heavy (non-hydrogen) atoms. The summed E-state index contributed by atoms with van der Waals surface area (Å²) in [5.41, 5.74) is 0. The first kappa shape index (κ1) is 59.1. The van der Waals surface area contributed by atoms with Crippen LogP contribution in [0.2, 0.25) is 0 Å². The number of aliphatic hydroxyl groups excluding tert-OH is 5. The maximum Gasteiger partial charge on any atom is 0.220 e. The van der Waals surface area contributed by atoms with Crippen LogP contribution in [0, 0.1) is 0 Å². The zero-order chi connectivity index (χ0) is 47.3. The van der Waals surface area contributed by atoms with Crippen LogP contribution in [0.25, 0.3) is 0 Å². The number of aliphatic hydroxyl groups is 5. The zero-order valence-electron chi connectivity index (χ0n) is 39.9. The van der Waals surface area contributed by atoms with E-state index in [1.807, 2.05) is 6.08 Å². The van der Waals surface area contributed by atoms with Gasteiger partial charge in [-0.05, 0) is 109 Å². The number of nitrogens with one attached hydrogen (secondary N) is 1. The summed E-state index contributed by atoms with van der Waals surface area (Å²) in [5.74, 6) is -0.233. The highest BCUT2D eigenvalue weighted by Gasteiger charge is 2.44. The smallest absolute Gasteiger partial charge is 0.220 e. The highest BCUT2D eigenvalue weighted by Crippen LogP contribution is 2.22. The molecule has 1 rings (SSSR count). The third-order valence-corrected chi connectivity index (χ3v) is 10.4. The Kier molecular flexibility index (Phi) is 39.9. The number of ether oxygens (including phenoxy) is 2. The summed E-state index contributed by atoms with van der Waals surface area (Å²) in [6, 6.07) is -0.856. The van der Waals surface area contributed by atoms with Crippen molar-refractivity contribution >= 4 is 5.91 Å². The molecule has 0 bridgehead atoms. The number of allylic oxidation sites excluding steroid dienone is 23. The Morgan fingerprint density at radius 3 is 1.43 bits per heavy atom. The second-order valence-electron chi connectivity index (χ2n) is 16.1. The molecule has 9 nitrogen and oxygen atoms in total. The van der Waals surface area contributed by atoms with Crippen molar-refractivity contribution < 1.29 is 39.8 Å². The number of hydrogen-bond donors (Lipinski definition) is 6. The fourth-order valence-corrected chi connectivity index (χ4v) is 6.48. The van der Waals surface area contributed by atoms with Gasteiger partial charge in [0.05, 0.1) is 25.4 Å². The number of hydrogen-bond acceptors (Lipinski definition) is 8. The maximum absolute atomic E-state index is 12.9. The van der Waals surface area contributed by atoms with Crippen LogP contribution >= 0.6 is 0 Å². The molecule has 0 aliphatic carbocycles. The molecule has 0 aromatic carbocycles. The van der Waals surface area contributed by atoms with Crippen LogP contribution in [0.3, 0.4) is 0 Å². The lowest BCUT2D eigenvalue weighted by molar-refractivity contribution is -0.302. The molecule has 1 heterocycles. The summed E-state index contributed by atoms with van der Waals surface area (Å²) in [5, 5.41) is 54.1. The van der Waals surface area contributed by atoms with E-state index in [4.69, 9.17) is 9.47 Å². The molecule has 1 saturated heterocycles.